The summed E-state index contributed by atoms with van der Waals surface area (Å²) in [5.41, 5.74) is 0. The second-order valence-electron chi connectivity index (χ2n) is 4.54. The van der Waals surface area contributed by atoms with Crippen LogP contribution in [-0.4, -0.2) is 31.9 Å². The zero-order valence-corrected chi connectivity index (χ0v) is 10.6. The maximum absolute atomic E-state index is 5.48. The van der Waals surface area contributed by atoms with Crippen molar-refractivity contribution in [2.45, 2.75) is 51.7 Å². The first-order valence-corrected chi connectivity index (χ1v) is 6.42. The van der Waals surface area contributed by atoms with Gasteiger partial charge in [-0.2, -0.15) is 0 Å². The number of unbranched alkanes of at least 4 members (excludes halogenated alkanes) is 1. The first kappa shape index (κ1) is 13.5. The molecule has 0 radical (unpaired) electrons. The maximum Gasteiger partial charge on any atom is 0.110 e. The van der Waals surface area contributed by atoms with Gasteiger partial charge >= 0.3 is 0 Å². The molecular weight excluding hydrogens is 202 g/mol. The normalized spacial score (nSPS) is 20.1. The summed E-state index contributed by atoms with van der Waals surface area (Å²) >= 11 is 0. The van der Waals surface area contributed by atoms with Gasteiger partial charge in [-0.15, -0.1) is 0 Å². The van der Waals surface area contributed by atoms with Crippen LogP contribution in [0.5, 0.6) is 0 Å². The fraction of sp³-hybridized carbons (Fsp3) is 0.846. The summed E-state index contributed by atoms with van der Waals surface area (Å²) in [5, 5.41) is 3.43. The predicted molar refractivity (Wildman–Crippen MR) is 66.4 cm³/mol. The van der Waals surface area contributed by atoms with Crippen LogP contribution in [0, 0.1) is 0 Å². The molecule has 0 aromatic carbocycles. The topological polar surface area (TPSA) is 30.5 Å². The lowest BCUT2D eigenvalue weighted by molar-refractivity contribution is 0.0757. The smallest absolute Gasteiger partial charge is 0.110 e. The van der Waals surface area contributed by atoms with Gasteiger partial charge in [0, 0.05) is 13.2 Å². The first-order chi connectivity index (χ1) is 7.79. The Kier molecular flexibility index (Phi) is 7.26. The van der Waals surface area contributed by atoms with Crippen LogP contribution in [0.2, 0.25) is 0 Å². The van der Waals surface area contributed by atoms with E-state index >= 15 is 0 Å². The van der Waals surface area contributed by atoms with Gasteiger partial charge in [-0.3, -0.25) is 0 Å². The highest BCUT2D eigenvalue weighted by Gasteiger charge is 2.09. The van der Waals surface area contributed by atoms with E-state index in [1.54, 1.807) is 0 Å². The van der Waals surface area contributed by atoms with E-state index in [0.29, 0.717) is 12.2 Å². The van der Waals surface area contributed by atoms with Crippen LogP contribution in [0.25, 0.3) is 0 Å². The van der Waals surface area contributed by atoms with Crippen LogP contribution in [0.4, 0.5) is 0 Å². The van der Waals surface area contributed by atoms with E-state index in [1.165, 1.54) is 6.42 Å². The van der Waals surface area contributed by atoms with Crippen LogP contribution in [-0.2, 0) is 9.47 Å². The Hall–Kier alpha value is -0.540. The Bertz CT molecular complexity index is 192. The molecule has 1 atom stereocenters. The third-order valence-corrected chi connectivity index (χ3v) is 2.59. The van der Waals surface area contributed by atoms with Crippen molar-refractivity contribution in [3.8, 4) is 0 Å². The van der Waals surface area contributed by atoms with Crippen molar-refractivity contribution in [2.75, 3.05) is 19.7 Å². The Morgan fingerprint density at radius 3 is 3.00 bits per heavy atom. The van der Waals surface area contributed by atoms with Crippen molar-refractivity contribution < 1.29 is 9.47 Å². The highest BCUT2D eigenvalue weighted by molar-refractivity contribution is 4.82. The third kappa shape index (κ3) is 6.85. The molecule has 0 spiro atoms. The second kappa shape index (κ2) is 8.59. The highest BCUT2D eigenvalue weighted by Crippen LogP contribution is 2.08. The van der Waals surface area contributed by atoms with Gasteiger partial charge in [0.05, 0.1) is 12.4 Å². The van der Waals surface area contributed by atoms with Gasteiger partial charge in [-0.25, -0.2) is 0 Å². The van der Waals surface area contributed by atoms with Crippen molar-refractivity contribution in [1.82, 2.24) is 5.32 Å². The number of allylic oxidation sites excluding steroid dienone is 1. The van der Waals surface area contributed by atoms with Gasteiger partial charge in [-0.1, -0.05) is 0 Å². The standard InChI is InChI=1S/C13H25NO2/c1-12(2)15-9-6-4-8-14-11-13-7-3-5-10-16-13/h5,10,12-14H,3-4,6-9,11H2,1-2H3. The van der Waals surface area contributed by atoms with Gasteiger partial charge in [0.25, 0.3) is 0 Å². The molecule has 0 bridgehead atoms. The molecule has 1 aliphatic rings. The molecule has 0 aliphatic carbocycles. The van der Waals surface area contributed by atoms with E-state index in [-0.39, 0.29) is 0 Å². The summed E-state index contributed by atoms with van der Waals surface area (Å²) in [5.74, 6) is 0. The number of hydrogen-bond acceptors (Lipinski definition) is 3. The molecule has 16 heavy (non-hydrogen) atoms. The zero-order chi connectivity index (χ0) is 11.6. The van der Waals surface area contributed by atoms with Crippen LogP contribution in [0.15, 0.2) is 12.3 Å². The molecular formula is C13H25NO2. The van der Waals surface area contributed by atoms with Crippen LogP contribution >= 0.6 is 0 Å². The molecule has 1 N–H and O–H groups in total. The third-order valence-electron chi connectivity index (χ3n) is 2.59. The molecule has 0 aromatic heterocycles. The minimum Gasteiger partial charge on any atom is -0.497 e. The lowest BCUT2D eigenvalue weighted by atomic mass is 10.1. The molecule has 3 heteroatoms. The number of ether oxygens (including phenoxy) is 2. The summed E-state index contributed by atoms with van der Waals surface area (Å²) in [6, 6.07) is 0. The Morgan fingerprint density at radius 2 is 2.31 bits per heavy atom. The largest absolute Gasteiger partial charge is 0.497 e. The minimum absolute atomic E-state index is 0.357. The van der Waals surface area contributed by atoms with Crippen molar-refractivity contribution in [3.63, 3.8) is 0 Å². The van der Waals surface area contributed by atoms with E-state index in [4.69, 9.17) is 9.47 Å². The van der Waals surface area contributed by atoms with E-state index in [1.807, 2.05) is 6.26 Å². The summed E-state index contributed by atoms with van der Waals surface area (Å²) in [6.45, 7) is 7.06. The monoisotopic (exact) mass is 227 g/mol. The minimum atomic E-state index is 0.357. The van der Waals surface area contributed by atoms with Crippen molar-refractivity contribution in [2.24, 2.45) is 0 Å². The second-order valence-corrected chi connectivity index (χ2v) is 4.54. The van der Waals surface area contributed by atoms with Gasteiger partial charge in [0.15, 0.2) is 0 Å². The maximum atomic E-state index is 5.48. The fourth-order valence-electron chi connectivity index (χ4n) is 1.67. The van der Waals surface area contributed by atoms with Gasteiger partial charge in [0.1, 0.15) is 6.10 Å². The van der Waals surface area contributed by atoms with Crippen molar-refractivity contribution in [3.05, 3.63) is 12.3 Å². The summed E-state index contributed by atoms with van der Waals surface area (Å²) in [7, 11) is 0. The van der Waals surface area contributed by atoms with Crippen LogP contribution < -0.4 is 5.32 Å². The summed E-state index contributed by atoms with van der Waals surface area (Å²) < 4.78 is 10.9. The molecule has 0 saturated carbocycles. The Balaban J connectivity index is 1.82. The number of hydrogen-bond donors (Lipinski definition) is 1. The van der Waals surface area contributed by atoms with Crippen molar-refractivity contribution >= 4 is 0 Å². The molecule has 0 aromatic rings. The fourth-order valence-corrected chi connectivity index (χ4v) is 1.67. The molecule has 0 saturated heterocycles. The van der Waals surface area contributed by atoms with Gasteiger partial charge in [-0.05, 0) is 52.2 Å². The highest BCUT2D eigenvalue weighted by atomic mass is 16.5. The molecule has 1 unspecified atom stereocenters. The first-order valence-electron chi connectivity index (χ1n) is 6.42. The molecule has 1 heterocycles. The zero-order valence-electron chi connectivity index (χ0n) is 10.6. The summed E-state index contributed by atoms with van der Waals surface area (Å²) in [6.07, 6.45) is 9.24. The average Bonchev–Trinajstić information content (AvgIpc) is 2.29. The van der Waals surface area contributed by atoms with E-state index in [2.05, 4.69) is 25.2 Å². The van der Waals surface area contributed by atoms with E-state index < -0.39 is 0 Å². The average molecular weight is 227 g/mol. The Labute approximate surface area is 99.2 Å². The Morgan fingerprint density at radius 1 is 1.44 bits per heavy atom. The SMILES string of the molecule is CC(C)OCCCCNCC1CCC=CO1. The summed E-state index contributed by atoms with van der Waals surface area (Å²) in [4.78, 5) is 0. The van der Waals surface area contributed by atoms with E-state index in [9.17, 15) is 0 Å². The molecule has 1 rings (SSSR count). The van der Waals surface area contributed by atoms with Gasteiger partial charge in [0.2, 0.25) is 0 Å². The van der Waals surface area contributed by atoms with Crippen LogP contribution in [0.3, 0.4) is 0 Å². The number of rotatable bonds is 8. The van der Waals surface area contributed by atoms with Gasteiger partial charge < -0.3 is 14.8 Å². The lowest BCUT2D eigenvalue weighted by Gasteiger charge is -2.19. The molecule has 0 fully saturated rings. The molecule has 0 amide bonds. The molecule has 1 aliphatic heterocycles. The molecule has 94 valence electrons. The predicted octanol–water partition coefficient (Wildman–Crippen LogP) is 2.47. The van der Waals surface area contributed by atoms with E-state index in [0.717, 1.165) is 39.0 Å². The lowest BCUT2D eigenvalue weighted by Crippen LogP contribution is -2.29. The number of nitrogens with one attached hydrogen (secondary N) is 1. The molecule has 3 nitrogen and oxygen atoms in total. The van der Waals surface area contributed by atoms with Crippen molar-refractivity contribution in [1.29, 1.82) is 0 Å². The van der Waals surface area contributed by atoms with Crippen LogP contribution in [0.1, 0.15) is 39.5 Å². The quantitative estimate of drug-likeness (QED) is 0.646.